The number of amides is 2. The van der Waals surface area contributed by atoms with E-state index in [1.165, 1.54) is 12.1 Å². The van der Waals surface area contributed by atoms with Crippen molar-refractivity contribution in [3.05, 3.63) is 138 Å². The van der Waals surface area contributed by atoms with Crippen LogP contribution in [0.3, 0.4) is 0 Å². The molecule has 1 aliphatic rings. The number of carbonyl (C=O) groups is 2. The SMILES string of the molecule is NC(=O)C1(CCCNc2ccc(NC(=O)c3ccccc3-c3ccc(C(F)(F)F)cc3)nc2)c2ccccc2-c2ccccc21. The molecule has 0 aliphatic heterocycles. The molecule has 0 atom stereocenters. The molecule has 6 rings (SSSR count). The molecule has 0 unspecified atom stereocenters. The molecule has 0 saturated carbocycles. The van der Waals surface area contributed by atoms with E-state index in [1.54, 1.807) is 42.6 Å². The normalized spacial score (nSPS) is 13.0. The molecule has 1 aromatic heterocycles. The van der Waals surface area contributed by atoms with E-state index in [1.807, 2.05) is 48.5 Å². The van der Waals surface area contributed by atoms with Crippen molar-refractivity contribution in [1.29, 1.82) is 0 Å². The number of hydrogen-bond acceptors (Lipinski definition) is 4. The molecule has 0 saturated heterocycles. The average molecular weight is 607 g/mol. The topological polar surface area (TPSA) is 97.1 Å². The van der Waals surface area contributed by atoms with E-state index in [0.717, 1.165) is 40.1 Å². The number of fused-ring (bicyclic) bond motifs is 3. The highest BCUT2D eigenvalue weighted by Crippen LogP contribution is 2.51. The van der Waals surface area contributed by atoms with Crippen LogP contribution in [0.1, 0.15) is 39.9 Å². The molecular formula is C36H29F3N4O2. The molecule has 0 radical (unpaired) electrons. The zero-order valence-corrected chi connectivity index (χ0v) is 24.1. The molecule has 226 valence electrons. The first-order valence-electron chi connectivity index (χ1n) is 14.5. The Bertz CT molecular complexity index is 1820. The van der Waals surface area contributed by atoms with Crippen LogP contribution in [0, 0.1) is 0 Å². The van der Waals surface area contributed by atoms with Crippen molar-refractivity contribution in [2.45, 2.75) is 24.4 Å². The Morgan fingerprint density at radius 2 is 1.36 bits per heavy atom. The Kier molecular flexibility index (Phi) is 7.85. The van der Waals surface area contributed by atoms with E-state index in [-0.39, 0.29) is 5.91 Å². The standard InChI is InChI=1S/C36H29F3N4O2/c37-36(38,39)24-16-14-23(15-17-24)26-8-1-2-11-29(26)33(44)43-32-19-18-25(22-42-32)41-21-7-20-35(34(40)45)30-12-5-3-9-27(30)28-10-4-6-13-31(28)35/h1-6,8-19,22,41H,7,20-21H2,(H2,40,45)(H,42,43,44). The maximum Gasteiger partial charge on any atom is 0.416 e. The lowest BCUT2D eigenvalue weighted by Crippen LogP contribution is -2.41. The first-order valence-corrected chi connectivity index (χ1v) is 14.5. The summed E-state index contributed by atoms with van der Waals surface area (Å²) in [5.41, 5.74) is 10.4. The molecule has 45 heavy (non-hydrogen) atoms. The number of primary amides is 1. The van der Waals surface area contributed by atoms with Crippen molar-refractivity contribution in [3.63, 3.8) is 0 Å². The van der Waals surface area contributed by atoms with Gasteiger partial charge in [0.2, 0.25) is 5.91 Å². The number of hydrogen-bond donors (Lipinski definition) is 3. The Hall–Kier alpha value is -5.44. The molecule has 0 fully saturated rings. The van der Waals surface area contributed by atoms with Gasteiger partial charge >= 0.3 is 6.18 Å². The van der Waals surface area contributed by atoms with Gasteiger partial charge in [0.05, 0.1) is 22.9 Å². The third-order valence-electron chi connectivity index (χ3n) is 8.24. The Labute approximate surface area is 258 Å². The van der Waals surface area contributed by atoms with Gasteiger partial charge in [-0.2, -0.15) is 13.2 Å². The first-order chi connectivity index (χ1) is 21.7. The summed E-state index contributed by atoms with van der Waals surface area (Å²) in [5, 5.41) is 6.09. The highest BCUT2D eigenvalue weighted by Gasteiger charge is 2.47. The van der Waals surface area contributed by atoms with E-state index in [2.05, 4.69) is 15.6 Å². The molecule has 9 heteroatoms. The lowest BCUT2D eigenvalue weighted by Gasteiger charge is -2.28. The number of nitrogens with two attached hydrogens (primary N) is 1. The zero-order valence-electron chi connectivity index (χ0n) is 24.1. The van der Waals surface area contributed by atoms with Crippen LogP contribution in [0.25, 0.3) is 22.3 Å². The minimum atomic E-state index is -4.44. The first kappa shape index (κ1) is 29.6. The number of pyridine rings is 1. The van der Waals surface area contributed by atoms with Crippen molar-refractivity contribution >= 4 is 23.3 Å². The zero-order chi connectivity index (χ0) is 31.6. The van der Waals surface area contributed by atoms with Crippen LogP contribution < -0.4 is 16.4 Å². The van der Waals surface area contributed by atoms with Crippen molar-refractivity contribution < 1.29 is 22.8 Å². The molecule has 5 aromatic rings. The lowest BCUT2D eigenvalue weighted by molar-refractivity contribution is -0.137. The van der Waals surface area contributed by atoms with E-state index < -0.39 is 23.1 Å². The van der Waals surface area contributed by atoms with Gasteiger partial charge in [0.1, 0.15) is 5.82 Å². The second-order valence-corrected chi connectivity index (χ2v) is 10.9. The van der Waals surface area contributed by atoms with Gasteiger partial charge in [-0.3, -0.25) is 9.59 Å². The quantitative estimate of drug-likeness (QED) is 0.150. The summed E-state index contributed by atoms with van der Waals surface area (Å²) in [6, 6.07) is 30.6. The second-order valence-electron chi connectivity index (χ2n) is 10.9. The van der Waals surface area contributed by atoms with Crippen LogP contribution in [0.5, 0.6) is 0 Å². The molecule has 2 amide bonds. The molecule has 0 spiro atoms. The molecule has 4 aromatic carbocycles. The van der Waals surface area contributed by atoms with Crippen molar-refractivity contribution in [2.75, 3.05) is 17.2 Å². The summed E-state index contributed by atoms with van der Waals surface area (Å²) in [6.45, 7) is 0.563. The van der Waals surface area contributed by atoms with Crippen molar-refractivity contribution in [2.24, 2.45) is 5.73 Å². The maximum absolute atomic E-state index is 13.1. The van der Waals surface area contributed by atoms with Gasteiger partial charge < -0.3 is 16.4 Å². The molecule has 1 heterocycles. The average Bonchev–Trinajstić information content (AvgIpc) is 3.34. The van der Waals surface area contributed by atoms with Gasteiger partial charge in [0, 0.05) is 12.1 Å². The number of nitrogens with zero attached hydrogens (tertiary/aromatic N) is 1. The molecule has 6 nitrogen and oxygen atoms in total. The van der Waals surface area contributed by atoms with E-state index in [0.29, 0.717) is 41.9 Å². The van der Waals surface area contributed by atoms with E-state index >= 15 is 0 Å². The summed E-state index contributed by atoms with van der Waals surface area (Å²) >= 11 is 0. The number of anilines is 2. The van der Waals surface area contributed by atoms with Gasteiger partial charge in [-0.1, -0.05) is 78.9 Å². The molecular weight excluding hydrogens is 577 g/mol. The fourth-order valence-corrected chi connectivity index (χ4v) is 6.10. The van der Waals surface area contributed by atoms with Crippen molar-refractivity contribution in [1.82, 2.24) is 4.98 Å². The Morgan fingerprint density at radius 3 is 1.93 bits per heavy atom. The van der Waals surface area contributed by atoms with Crippen LogP contribution >= 0.6 is 0 Å². The highest BCUT2D eigenvalue weighted by molar-refractivity contribution is 6.08. The number of nitrogens with one attached hydrogen (secondary N) is 2. The predicted octanol–water partition coefficient (Wildman–Crippen LogP) is 7.66. The maximum atomic E-state index is 13.1. The summed E-state index contributed by atoms with van der Waals surface area (Å²) in [6.07, 6.45) is -1.66. The summed E-state index contributed by atoms with van der Waals surface area (Å²) in [4.78, 5) is 30.5. The number of carbonyl (C=O) groups excluding carboxylic acids is 2. The van der Waals surface area contributed by atoms with Gasteiger partial charge in [0.25, 0.3) is 5.91 Å². The van der Waals surface area contributed by atoms with Crippen LogP contribution in [0.2, 0.25) is 0 Å². The summed E-state index contributed by atoms with van der Waals surface area (Å²) in [7, 11) is 0. The fourth-order valence-electron chi connectivity index (χ4n) is 6.10. The monoisotopic (exact) mass is 606 g/mol. The van der Waals surface area contributed by atoms with Gasteiger partial charge in [-0.05, 0) is 76.6 Å². The van der Waals surface area contributed by atoms with Crippen LogP contribution in [-0.4, -0.2) is 23.3 Å². The molecule has 1 aliphatic carbocycles. The molecule has 4 N–H and O–H groups in total. The van der Waals surface area contributed by atoms with Gasteiger partial charge in [0.15, 0.2) is 0 Å². The van der Waals surface area contributed by atoms with Crippen LogP contribution in [-0.2, 0) is 16.4 Å². The molecule has 0 bridgehead atoms. The number of halogens is 3. The number of alkyl halides is 3. The third kappa shape index (κ3) is 5.64. The highest BCUT2D eigenvalue weighted by atomic mass is 19.4. The lowest BCUT2D eigenvalue weighted by atomic mass is 9.74. The number of rotatable bonds is 9. The van der Waals surface area contributed by atoms with Crippen LogP contribution in [0.15, 0.2) is 115 Å². The summed E-state index contributed by atoms with van der Waals surface area (Å²) in [5.74, 6) is -0.492. The minimum Gasteiger partial charge on any atom is -0.384 e. The predicted molar refractivity (Wildman–Crippen MR) is 169 cm³/mol. The minimum absolute atomic E-state index is 0.305. The largest absolute Gasteiger partial charge is 0.416 e. The van der Waals surface area contributed by atoms with Crippen molar-refractivity contribution in [3.8, 4) is 22.3 Å². The Balaban J connectivity index is 1.10. The Morgan fingerprint density at radius 1 is 0.756 bits per heavy atom. The van der Waals surface area contributed by atoms with Crippen LogP contribution in [0.4, 0.5) is 24.7 Å². The summed E-state index contributed by atoms with van der Waals surface area (Å²) < 4.78 is 39.0. The smallest absolute Gasteiger partial charge is 0.384 e. The van der Waals surface area contributed by atoms with Gasteiger partial charge in [-0.15, -0.1) is 0 Å². The van der Waals surface area contributed by atoms with E-state index in [4.69, 9.17) is 5.73 Å². The number of benzene rings is 4. The van der Waals surface area contributed by atoms with E-state index in [9.17, 15) is 22.8 Å². The third-order valence-corrected chi connectivity index (χ3v) is 8.24. The number of aromatic nitrogens is 1. The second kappa shape index (κ2) is 11.9. The fraction of sp³-hybridized carbons (Fsp3) is 0.139. The van der Waals surface area contributed by atoms with Gasteiger partial charge in [-0.25, -0.2) is 4.98 Å².